The molecule has 0 bridgehead atoms. The maximum atomic E-state index is 13.2. The van der Waals surface area contributed by atoms with Gasteiger partial charge in [-0.3, -0.25) is 4.79 Å². The first-order chi connectivity index (χ1) is 12.7. The maximum Gasteiger partial charge on any atom is 0.167 e. The van der Waals surface area contributed by atoms with Crippen molar-refractivity contribution in [3.63, 3.8) is 0 Å². The number of ketones is 1. The van der Waals surface area contributed by atoms with Crippen molar-refractivity contribution >= 4 is 29.1 Å². The molecule has 0 amide bonds. The van der Waals surface area contributed by atoms with Crippen molar-refractivity contribution in [3.8, 4) is 0 Å². The van der Waals surface area contributed by atoms with Crippen molar-refractivity contribution in [1.29, 1.82) is 0 Å². The van der Waals surface area contributed by atoms with Gasteiger partial charge in [0.05, 0.1) is 0 Å². The van der Waals surface area contributed by atoms with Gasteiger partial charge in [0.25, 0.3) is 0 Å². The van der Waals surface area contributed by atoms with Gasteiger partial charge in [-0.15, -0.1) is 11.8 Å². The highest BCUT2D eigenvalue weighted by Gasteiger charge is 2.34. The van der Waals surface area contributed by atoms with Crippen LogP contribution < -0.4 is 0 Å². The van der Waals surface area contributed by atoms with E-state index in [9.17, 15) is 4.79 Å². The fourth-order valence-electron chi connectivity index (χ4n) is 3.59. The Labute approximate surface area is 163 Å². The lowest BCUT2D eigenvalue weighted by atomic mass is 9.79. The smallest absolute Gasteiger partial charge is 0.167 e. The second kappa shape index (κ2) is 7.69. The zero-order valence-corrected chi connectivity index (χ0v) is 15.8. The van der Waals surface area contributed by atoms with Crippen LogP contribution in [0.3, 0.4) is 0 Å². The summed E-state index contributed by atoms with van der Waals surface area (Å²) in [6, 6.07) is 26.3. The van der Waals surface area contributed by atoms with Crippen molar-refractivity contribution in [2.24, 2.45) is 5.92 Å². The first kappa shape index (κ1) is 17.4. The summed E-state index contributed by atoms with van der Waals surface area (Å²) in [5.41, 5.74) is 3.21. The average Bonchev–Trinajstić information content (AvgIpc) is 2.69. The zero-order chi connectivity index (χ0) is 17.9. The molecule has 3 aromatic carbocycles. The van der Waals surface area contributed by atoms with E-state index in [0.29, 0.717) is 0 Å². The molecule has 0 heterocycles. The van der Waals surface area contributed by atoms with Crippen LogP contribution in [-0.4, -0.2) is 5.78 Å². The zero-order valence-electron chi connectivity index (χ0n) is 14.3. The molecule has 0 N–H and O–H groups in total. The summed E-state index contributed by atoms with van der Waals surface area (Å²) in [6.07, 6.45) is 1.83. The van der Waals surface area contributed by atoms with E-state index in [1.165, 1.54) is 10.5 Å². The van der Waals surface area contributed by atoms with Crippen molar-refractivity contribution in [2.45, 2.75) is 23.0 Å². The molecule has 1 aliphatic rings. The molecule has 3 aromatic rings. The standard InChI is InChI=1S/C23H19ClOS/c24-18-13-10-17(11-14-18)23(26-19-7-2-1-3-8-19)21-15-12-16-6-4-5-9-20(16)22(21)25/h1-11,13-14,21,23H,12,15H2. The molecular weight excluding hydrogens is 360 g/mol. The number of carbonyl (C=O) groups is 1. The van der Waals surface area contributed by atoms with Crippen molar-refractivity contribution in [3.05, 3.63) is 101 Å². The van der Waals surface area contributed by atoms with Crippen LogP contribution in [0.15, 0.2) is 83.8 Å². The van der Waals surface area contributed by atoms with Crippen molar-refractivity contribution in [2.75, 3.05) is 0 Å². The van der Waals surface area contributed by atoms with Gasteiger partial charge in [-0.25, -0.2) is 0 Å². The molecular formula is C23H19ClOS. The van der Waals surface area contributed by atoms with E-state index < -0.39 is 0 Å². The fourth-order valence-corrected chi connectivity index (χ4v) is 5.04. The Morgan fingerprint density at radius 1 is 0.885 bits per heavy atom. The number of aryl methyl sites for hydroxylation is 1. The SMILES string of the molecule is O=C1c2ccccc2CCC1C(Sc1ccccc1)c1ccc(Cl)cc1. The summed E-state index contributed by atoms with van der Waals surface area (Å²) in [5.74, 6) is 0.228. The van der Waals surface area contributed by atoms with Gasteiger partial charge in [-0.05, 0) is 48.2 Å². The van der Waals surface area contributed by atoms with E-state index in [1.54, 1.807) is 11.8 Å². The van der Waals surface area contributed by atoms with Gasteiger partial charge in [0.1, 0.15) is 0 Å². The van der Waals surface area contributed by atoms with Crippen LogP contribution in [0.25, 0.3) is 0 Å². The molecule has 0 spiro atoms. The Hall–Kier alpha value is -2.03. The van der Waals surface area contributed by atoms with E-state index >= 15 is 0 Å². The van der Waals surface area contributed by atoms with Crippen LogP contribution in [0.1, 0.15) is 33.2 Å². The molecule has 0 fully saturated rings. The van der Waals surface area contributed by atoms with Crippen LogP contribution in [0, 0.1) is 5.92 Å². The van der Waals surface area contributed by atoms with Crippen LogP contribution in [0.5, 0.6) is 0 Å². The molecule has 130 valence electrons. The highest BCUT2D eigenvalue weighted by molar-refractivity contribution is 7.99. The Kier molecular flexibility index (Phi) is 5.14. The second-order valence-corrected chi connectivity index (χ2v) is 8.22. The minimum atomic E-state index is -0.0312. The van der Waals surface area contributed by atoms with Gasteiger partial charge < -0.3 is 0 Å². The average molecular weight is 379 g/mol. The van der Waals surface area contributed by atoms with E-state index in [2.05, 4.69) is 30.3 Å². The minimum Gasteiger partial charge on any atom is -0.294 e. The normalized spacial score (nSPS) is 17.6. The van der Waals surface area contributed by atoms with Crippen LogP contribution in [0.4, 0.5) is 0 Å². The monoisotopic (exact) mass is 378 g/mol. The summed E-state index contributed by atoms with van der Waals surface area (Å²) in [7, 11) is 0. The van der Waals surface area contributed by atoms with Crippen LogP contribution in [-0.2, 0) is 6.42 Å². The number of thioether (sulfide) groups is 1. The predicted molar refractivity (Wildman–Crippen MR) is 109 cm³/mol. The molecule has 4 rings (SSSR count). The summed E-state index contributed by atoms with van der Waals surface area (Å²) in [4.78, 5) is 14.4. The van der Waals surface area contributed by atoms with E-state index in [-0.39, 0.29) is 17.0 Å². The maximum absolute atomic E-state index is 13.2. The molecule has 1 nitrogen and oxygen atoms in total. The van der Waals surface area contributed by atoms with E-state index in [0.717, 1.165) is 29.0 Å². The number of hydrogen-bond donors (Lipinski definition) is 0. The third kappa shape index (κ3) is 3.58. The highest BCUT2D eigenvalue weighted by Crippen LogP contribution is 2.45. The van der Waals surface area contributed by atoms with Gasteiger partial charge in [-0.1, -0.05) is 66.2 Å². The summed E-state index contributed by atoms with van der Waals surface area (Å²) < 4.78 is 0. The van der Waals surface area contributed by atoms with E-state index in [4.69, 9.17) is 11.6 Å². The molecule has 2 unspecified atom stereocenters. The molecule has 0 saturated heterocycles. The molecule has 3 heteroatoms. The number of Topliss-reactive ketones (excluding diaryl/α,β-unsaturated/α-hetero) is 1. The fraction of sp³-hybridized carbons (Fsp3) is 0.174. The quantitative estimate of drug-likeness (QED) is 0.474. The Balaban J connectivity index is 1.71. The second-order valence-electron chi connectivity index (χ2n) is 6.57. The molecule has 0 radical (unpaired) electrons. The Morgan fingerprint density at radius 3 is 2.35 bits per heavy atom. The summed E-state index contributed by atoms with van der Waals surface area (Å²) >= 11 is 7.85. The Morgan fingerprint density at radius 2 is 1.58 bits per heavy atom. The first-order valence-electron chi connectivity index (χ1n) is 8.81. The third-order valence-corrected chi connectivity index (χ3v) is 6.57. The molecule has 1 aliphatic carbocycles. The molecule has 2 atom stereocenters. The molecule has 0 aromatic heterocycles. The van der Waals surface area contributed by atoms with Crippen LogP contribution >= 0.6 is 23.4 Å². The van der Waals surface area contributed by atoms with Crippen molar-refractivity contribution in [1.82, 2.24) is 0 Å². The highest BCUT2D eigenvalue weighted by atomic mass is 35.5. The molecule has 26 heavy (non-hydrogen) atoms. The van der Waals surface area contributed by atoms with Gasteiger partial charge in [0, 0.05) is 26.6 Å². The minimum absolute atomic E-state index is 0.0312. The lowest BCUT2D eigenvalue weighted by Crippen LogP contribution is -2.27. The molecule has 0 saturated carbocycles. The number of fused-ring (bicyclic) bond motifs is 1. The molecule has 0 aliphatic heterocycles. The van der Waals surface area contributed by atoms with E-state index in [1.807, 2.05) is 48.5 Å². The van der Waals surface area contributed by atoms with Crippen LogP contribution in [0.2, 0.25) is 5.02 Å². The van der Waals surface area contributed by atoms with Crippen molar-refractivity contribution < 1.29 is 4.79 Å². The van der Waals surface area contributed by atoms with Gasteiger partial charge >= 0.3 is 0 Å². The third-order valence-electron chi connectivity index (χ3n) is 4.91. The Bertz CT molecular complexity index is 905. The topological polar surface area (TPSA) is 17.1 Å². The summed E-state index contributed by atoms with van der Waals surface area (Å²) in [5, 5.41) is 0.799. The largest absolute Gasteiger partial charge is 0.294 e. The number of carbonyl (C=O) groups excluding carboxylic acids is 1. The summed E-state index contributed by atoms with van der Waals surface area (Å²) in [6.45, 7) is 0. The lowest BCUT2D eigenvalue weighted by Gasteiger charge is -2.30. The number of hydrogen-bond acceptors (Lipinski definition) is 2. The number of halogens is 1. The van der Waals surface area contributed by atoms with Gasteiger partial charge in [0.2, 0.25) is 0 Å². The van der Waals surface area contributed by atoms with Gasteiger partial charge in [0.15, 0.2) is 5.78 Å². The number of benzene rings is 3. The predicted octanol–water partition coefficient (Wildman–Crippen LogP) is 6.62. The van der Waals surface area contributed by atoms with Gasteiger partial charge in [-0.2, -0.15) is 0 Å². The number of rotatable bonds is 4. The lowest BCUT2D eigenvalue weighted by molar-refractivity contribution is 0.0899. The first-order valence-corrected chi connectivity index (χ1v) is 10.1.